The van der Waals surface area contributed by atoms with Gasteiger partial charge in [-0.1, -0.05) is 30.3 Å². The molecular formula is C27H29F4N5O3S. The molecule has 1 aromatic heterocycles. The smallest absolute Gasteiger partial charge is 0.369 e. The first kappa shape index (κ1) is 29.3. The quantitative estimate of drug-likeness (QED) is 0.391. The fourth-order valence-corrected chi connectivity index (χ4v) is 5.35. The first-order chi connectivity index (χ1) is 18.8. The van der Waals surface area contributed by atoms with E-state index in [9.17, 15) is 17.6 Å². The number of hydrogen-bond donors (Lipinski definition) is 2. The molecule has 4 rings (SSSR count). The van der Waals surface area contributed by atoms with Gasteiger partial charge in [0.25, 0.3) is 0 Å². The van der Waals surface area contributed by atoms with Crippen LogP contribution in [0.3, 0.4) is 0 Å². The monoisotopic (exact) mass is 579 g/mol. The molecule has 1 aliphatic heterocycles. The predicted molar refractivity (Wildman–Crippen MR) is 144 cm³/mol. The van der Waals surface area contributed by atoms with E-state index in [4.69, 9.17) is 0 Å². The van der Waals surface area contributed by atoms with Crippen molar-refractivity contribution in [1.82, 2.24) is 15.2 Å². The molecule has 2 unspecified atom stereocenters. The van der Waals surface area contributed by atoms with Gasteiger partial charge in [-0.05, 0) is 42.8 Å². The molecule has 3 aromatic rings. The first-order valence-corrected chi connectivity index (χ1v) is 14.3. The van der Waals surface area contributed by atoms with Gasteiger partial charge in [0.2, 0.25) is 21.6 Å². The normalized spacial score (nSPS) is 17.1. The number of anilines is 2. The van der Waals surface area contributed by atoms with E-state index >= 15 is 13.2 Å². The number of nitrogens with one attached hydrogen (secondary N) is 2. The van der Waals surface area contributed by atoms with Crippen molar-refractivity contribution in [2.75, 3.05) is 42.1 Å². The van der Waals surface area contributed by atoms with Crippen LogP contribution in [0, 0.1) is 5.82 Å². The van der Waals surface area contributed by atoms with Gasteiger partial charge < -0.3 is 10.2 Å². The number of carbonyl (C=O) groups is 1. The fraction of sp³-hybridized carbons (Fsp3) is 0.333. The Hall–Kier alpha value is -3.71. The van der Waals surface area contributed by atoms with Crippen molar-refractivity contribution in [2.45, 2.75) is 24.7 Å². The second-order valence-corrected chi connectivity index (χ2v) is 11.3. The van der Waals surface area contributed by atoms with Gasteiger partial charge in [0.05, 0.1) is 17.9 Å². The Morgan fingerprint density at radius 2 is 1.68 bits per heavy atom. The van der Waals surface area contributed by atoms with Crippen LogP contribution in [0.1, 0.15) is 24.0 Å². The SMILES string of the molecule is CC(C(=O)NC(c1cccnc1)(N1CCN(c2ccccc2)CC1)C(F)(F)F)c1ccc(NS(C)(=O)=O)c(F)c1. The number of hydrogen-bond acceptors (Lipinski definition) is 6. The van der Waals surface area contributed by atoms with E-state index in [0.29, 0.717) is 0 Å². The van der Waals surface area contributed by atoms with Gasteiger partial charge in [-0.3, -0.25) is 19.4 Å². The lowest BCUT2D eigenvalue weighted by molar-refractivity contribution is -0.251. The van der Waals surface area contributed by atoms with Crippen LogP contribution < -0.4 is 14.9 Å². The molecule has 2 aromatic carbocycles. The van der Waals surface area contributed by atoms with Crippen LogP contribution in [0.2, 0.25) is 0 Å². The maximum absolute atomic E-state index is 15.1. The Morgan fingerprint density at radius 3 is 2.23 bits per heavy atom. The zero-order valence-corrected chi connectivity index (χ0v) is 22.6. The standard InChI is InChI=1S/C27H29F4N5O3S/c1-19(20-10-11-24(23(28)17-20)34-40(2,38)39)25(37)33-26(27(29,30)31,21-7-6-12-32-18-21)36-15-13-35(14-16-36)22-8-4-3-5-9-22/h3-12,17-19,34H,13-16H2,1-2H3,(H,33,37). The summed E-state index contributed by atoms with van der Waals surface area (Å²) in [4.78, 5) is 20.5. The predicted octanol–water partition coefficient (Wildman–Crippen LogP) is 4.05. The Morgan fingerprint density at radius 1 is 1.00 bits per heavy atom. The van der Waals surface area contributed by atoms with Crippen LogP contribution in [0.15, 0.2) is 73.1 Å². The average molecular weight is 580 g/mol. The number of sulfonamides is 1. The van der Waals surface area contributed by atoms with Crippen molar-refractivity contribution in [3.8, 4) is 0 Å². The molecular weight excluding hydrogens is 550 g/mol. The van der Waals surface area contributed by atoms with E-state index in [0.717, 1.165) is 30.3 Å². The van der Waals surface area contributed by atoms with Crippen molar-refractivity contribution in [1.29, 1.82) is 0 Å². The summed E-state index contributed by atoms with van der Waals surface area (Å²) in [5, 5.41) is 2.25. The van der Waals surface area contributed by atoms with Gasteiger partial charge in [-0.15, -0.1) is 0 Å². The molecule has 8 nitrogen and oxygen atoms in total. The van der Waals surface area contributed by atoms with E-state index in [1.54, 1.807) is 0 Å². The molecule has 0 radical (unpaired) electrons. The van der Waals surface area contributed by atoms with Crippen molar-refractivity contribution in [3.63, 3.8) is 0 Å². The molecule has 13 heteroatoms. The largest absolute Gasteiger partial charge is 0.429 e. The number of rotatable bonds is 8. The lowest BCUT2D eigenvalue weighted by atomic mass is 9.93. The zero-order chi connectivity index (χ0) is 29.1. The molecule has 214 valence electrons. The maximum atomic E-state index is 15.1. The molecule has 1 aliphatic rings. The van der Waals surface area contributed by atoms with Crippen LogP contribution in [-0.2, 0) is 20.5 Å². The molecule has 2 heterocycles. The molecule has 1 fully saturated rings. The zero-order valence-electron chi connectivity index (χ0n) is 21.8. The number of alkyl halides is 3. The summed E-state index contributed by atoms with van der Waals surface area (Å²) in [6.45, 7) is 1.89. The minimum Gasteiger partial charge on any atom is -0.369 e. The van der Waals surface area contributed by atoms with E-state index in [1.165, 1.54) is 36.2 Å². The Balaban J connectivity index is 1.65. The lowest BCUT2D eigenvalue weighted by Crippen LogP contribution is -2.69. The number of halogens is 4. The van der Waals surface area contributed by atoms with E-state index in [1.807, 2.05) is 40.0 Å². The number of benzene rings is 2. The molecule has 0 bridgehead atoms. The van der Waals surface area contributed by atoms with Gasteiger partial charge in [-0.2, -0.15) is 13.2 Å². The van der Waals surface area contributed by atoms with Crippen LogP contribution >= 0.6 is 0 Å². The number of carbonyl (C=O) groups excluding carboxylic acids is 1. The Kier molecular flexibility index (Phi) is 8.36. The minimum atomic E-state index is -4.95. The Bertz CT molecular complexity index is 1430. The summed E-state index contributed by atoms with van der Waals surface area (Å²) in [6.07, 6.45) is -1.68. The summed E-state index contributed by atoms with van der Waals surface area (Å²) in [7, 11) is -3.76. The molecule has 0 spiro atoms. The summed E-state index contributed by atoms with van der Waals surface area (Å²) < 4.78 is 85.0. The van der Waals surface area contributed by atoms with Crippen molar-refractivity contribution >= 4 is 27.3 Å². The van der Waals surface area contributed by atoms with Gasteiger partial charge in [0.1, 0.15) is 5.82 Å². The molecule has 0 aliphatic carbocycles. The van der Waals surface area contributed by atoms with Crippen molar-refractivity contribution < 1.29 is 30.8 Å². The van der Waals surface area contributed by atoms with Gasteiger partial charge >= 0.3 is 6.18 Å². The molecule has 2 N–H and O–H groups in total. The van der Waals surface area contributed by atoms with Gasteiger partial charge in [0.15, 0.2) is 0 Å². The Labute approximate surface area is 230 Å². The van der Waals surface area contributed by atoms with Crippen LogP contribution in [0.4, 0.5) is 28.9 Å². The van der Waals surface area contributed by atoms with Crippen LogP contribution in [-0.4, -0.2) is 62.8 Å². The number of aromatic nitrogens is 1. The van der Waals surface area contributed by atoms with E-state index < -0.39 is 39.5 Å². The molecule has 40 heavy (non-hydrogen) atoms. The van der Waals surface area contributed by atoms with Gasteiger partial charge in [0, 0.05) is 49.8 Å². The topological polar surface area (TPSA) is 94.6 Å². The van der Waals surface area contributed by atoms with Crippen LogP contribution in [0.25, 0.3) is 0 Å². The third-order valence-electron chi connectivity index (χ3n) is 6.85. The summed E-state index contributed by atoms with van der Waals surface area (Å²) >= 11 is 0. The average Bonchev–Trinajstić information content (AvgIpc) is 2.92. The van der Waals surface area contributed by atoms with Crippen LogP contribution in [0.5, 0.6) is 0 Å². The third-order valence-corrected chi connectivity index (χ3v) is 7.44. The number of amides is 1. The molecule has 0 saturated carbocycles. The highest BCUT2D eigenvalue weighted by atomic mass is 32.2. The number of pyridine rings is 1. The number of para-hydroxylation sites is 1. The summed E-state index contributed by atoms with van der Waals surface area (Å²) in [6, 6.07) is 15.3. The van der Waals surface area contributed by atoms with Gasteiger partial charge in [-0.25, -0.2) is 12.8 Å². The lowest BCUT2D eigenvalue weighted by Gasteiger charge is -2.49. The molecule has 1 saturated heterocycles. The second kappa shape index (κ2) is 11.4. The third kappa shape index (κ3) is 6.20. The minimum absolute atomic E-state index is 0.0154. The summed E-state index contributed by atoms with van der Waals surface area (Å²) in [5.74, 6) is -3.16. The van der Waals surface area contributed by atoms with Crippen molar-refractivity contribution in [2.24, 2.45) is 0 Å². The van der Waals surface area contributed by atoms with E-state index in [2.05, 4.69) is 10.3 Å². The second-order valence-electron chi connectivity index (χ2n) is 9.58. The highest BCUT2D eigenvalue weighted by molar-refractivity contribution is 7.92. The fourth-order valence-electron chi connectivity index (χ4n) is 4.78. The first-order valence-electron chi connectivity index (χ1n) is 12.4. The van der Waals surface area contributed by atoms with E-state index in [-0.39, 0.29) is 43.0 Å². The molecule has 1 amide bonds. The summed E-state index contributed by atoms with van der Waals surface area (Å²) in [5.41, 5.74) is -2.53. The highest BCUT2D eigenvalue weighted by Crippen LogP contribution is 2.43. The highest BCUT2D eigenvalue weighted by Gasteiger charge is 2.61. The number of nitrogens with zero attached hydrogens (tertiary/aromatic N) is 3. The maximum Gasteiger partial charge on any atom is 0.429 e. The molecule has 2 atom stereocenters. The number of piperazine rings is 1. The van der Waals surface area contributed by atoms with Crippen molar-refractivity contribution in [3.05, 3.63) is 90.0 Å².